The molecule has 2 aromatic carbocycles. The molecule has 0 heterocycles. The molecule has 4 aliphatic rings. The van der Waals surface area contributed by atoms with E-state index in [-0.39, 0.29) is 0 Å². The summed E-state index contributed by atoms with van der Waals surface area (Å²) >= 11 is 2.95. The van der Waals surface area contributed by atoms with Crippen LogP contribution in [0.2, 0.25) is 11.1 Å². The normalized spacial score (nSPS) is 37.4. The molecule has 0 nitrogen and oxygen atoms in total. The van der Waals surface area contributed by atoms with Gasteiger partial charge in [-0.05, 0) is 59.9 Å². The number of alkyl halides is 1. The summed E-state index contributed by atoms with van der Waals surface area (Å²) in [5, 5.41) is 3.68. The highest BCUT2D eigenvalue weighted by atomic mass is 127. The lowest BCUT2D eigenvalue weighted by Gasteiger charge is -2.44. The van der Waals surface area contributed by atoms with Crippen LogP contribution in [0.25, 0.3) is 0 Å². The van der Waals surface area contributed by atoms with Crippen LogP contribution in [0.5, 0.6) is 0 Å². The van der Waals surface area contributed by atoms with Crippen LogP contribution >= 0.6 is 22.6 Å². The molecule has 0 amide bonds. The average Bonchev–Trinajstić information content (AvgIpc) is 3.67. The third-order valence-electron chi connectivity index (χ3n) is 11.3. The molecule has 10 atom stereocenters. The van der Waals surface area contributed by atoms with Gasteiger partial charge in [0, 0.05) is 3.92 Å². The topological polar surface area (TPSA) is 0 Å². The lowest BCUT2D eigenvalue weighted by Crippen LogP contribution is -2.58. The molecule has 36 heavy (non-hydrogen) atoms. The second-order valence-corrected chi connectivity index (χ2v) is 24.0. The molecular formula is C33H47ISi2. The Morgan fingerprint density at radius 2 is 1.44 bits per heavy atom. The van der Waals surface area contributed by atoms with Crippen molar-refractivity contribution in [2.45, 2.75) is 99.0 Å². The summed E-state index contributed by atoms with van der Waals surface area (Å²) in [7, 11) is -2.21. The van der Waals surface area contributed by atoms with Crippen molar-refractivity contribution in [3.05, 3.63) is 60.7 Å². The summed E-state index contributed by atoms with van der Waals surface area (Å²) in [5.41, 5.74) is 2.10. The number of hydrogen-bond donors (Lipinski definition) is 0. The highest BCUT2D eigenvalue weighted by molar-refractivity contribution is 14.1. The summed E-state index contributed by atoms with van der Waals surface area (Å²) in [6, 6.07) is 24.4. The number of hydrogen-bond acceptors (Lipinski definition) is 0. The van der Waals surface area contributed by atoms with E-state index in [0.717, 1.165) is 44.6 Å². The Labute approximate surface area is 237 Å². The predicted molar refractivity (Wildman–Crippen MR) is 170 cm³/mol. The zero-order valence-corrected chi connectivity index (χ0v) is 26.9. The molecular weight excluding hydrogens is 579 g/mol. The number of benzene rings is 2. The van der Waals surface area contributed by atoms with Crippen molar-refractivity contribution in [3.8, 4) is 0 Å². The van der Waals surface area contributed by atoms with Crippen molar-refractivity contribution in [3.63, 3.8) is 0 Å². The maximum Gasteiger partial charge on any atom is 0.0703 e. The first-order valence-corrected chi connectivity index (χ1v) is 21.9. The van der Waals surface area contributed by atoms with Crippen LogP contribution in [0.1, 0.15) is 84.0 Å². The van der Waals surface area contributed by atoms with Crippen LogP contribution in [-0.4, -0.2) is 20.6 Å². The van der Waals surface area contributed by atoms with E-state index in [1.54, 1.807) is 32.1 Å². The summed E-state index contributed by atoms with van der Waals surface area (Å²) in [4.78, 5) is 0. The van der Waals surface area contributed by atoms with Crippen LogP contribution in [-0.2, 0) is 0 Å². The van der Waals surface area contributed by atoms with Crippen molar-refractivity contribution < 1.29 is 0 Å². The summed E-state index contributed by atoms with van der Waals surface area (Å²) in [6.07, 6.45) is 18.2. The van der Waals surface area contributed by atoms with Crippen LogP contribution < -0.4 is 10.4 Å². The molecule has 0 aromatic heterocycles. The van der Waals surface area contributed by atoms with Crippen molar-refractivity contribution in [1.82, 2.24) is 0 Å². The minimum absolute atomic E-state index is 0.964. The third kappa shape index (κ3) is 5.11. The van der Waals surface area contributed by atoms with Crippen molar-refractivity contribution >= 4 is 49.6 Å². The number of halogens is 1. The molecule has 10 unspecified atom stereocenters. The maximum absolute atomic E-state index is 2.95. The molecule has 4 fully saturated rings. The lowest BCUT2D eigenvalue weighted by molar-refractivity contribution is 0.173. The van der Waals surface area contributed by atoms with Gasteiger partial charge in [-0.25, -0.2) is 0 Å². The smallest absolute Gasteiger partial charge is 0.0703 e. The molecule has 0 spiro atoms. The molecule has 4 aliphatic carbocycles. The SMILES string of the molecule is CCCCC1CCC([SiH](c2ccccc2)[SiH](c2ccccc2)C2CCC3C(I)C4CCCC4CC32)C1. The van der Waals surface area contributed by atoms with E-state index in [4.69, 9.17) is 0 Å². The Bertz CT molecular complexity index is 964. The van der Waals surface area contributed by atoms with Gasteiger partial charge >= 0.3 is 0 Å². The van der Waals surface area contributed by atoms with Gasteiger partial charge in [0.2, 0.25) is 0 Å². The maximum atomic E-state index is 2.95. The molecule has 194 valence electrons. The first-order valence-electron chi connectivity index (χ1n) is 15.5. The molecule has 2 aromatic rings. The Morgan fingerprint density at radius 3 is 2.17 bits per heavy atom. The monoisotopic (exact) mass is 626 g/mol. The fraction of sp³-hybridized carbons (Fsp3) is 0.636. The molecule has 0 bridgehead atoms. The summed E-state index contributed by atoms with van der Waals surface area (Å²) < 4.78 is 0.964. The van der Waals surface area contributed by atoms with E-state index in [1.807, 2.05) is 10.4 Å². The average molecular weight is 627 g/mol. The van der Waals surface area contributed by atoms with Gasteiger partial charge in [-0.2, -0.15) is 0 Å². The Kier molecular flexibility index (Phi) is 8.46. The zero-order chi connectivity index (χ0) is 24.5. The van der Waals surface area contributed by atoms with Crippen molar-refractivity contribution in [2.75, 3.05) is 0 Å². The number of fused-ring (bicyclic) bond motifs is 2. The fourth-order valence-electron chi connectivity index (χ4n) is 9.80. The predicted octanol–water partition coefficient (Wildman–Crippen LogP) is 7.71. The van der Waals surface area contributed by atoms with Gasteiger partial charge in [0.1, 0.15) is 0 Å². The van der Waals surface area contributed by atoms with E-state index in [0.29, 0.717) is 0 Å². The fourth-order valence-corrected chi connectivity index (χ4v) is 28.4. The van der Waals surface area contributed by atoms with Gasteiger partial charge in [-0.1, -0.05) is 158 Å². The minimum Gasteiger partial charge on any atom is -0.0820 e. The van der Waals surface area contributed by atoms with E-state index < -0.39 is 16.6 Å². The highest BCUT2D eigenvalue weighted by Gasteiger charge is 2.54. The number of rotatable bonds is 8. The van der Waals surface area contributed by atoms with Gasteiger partial charge in [0.25, 0.3) is 0 Å². The number of unbranched alkanes of at least 4 members (excludes halogenated alkanes) is 1. The molecule has 0 N–H and O–H groups in total. The van der Waals surface area contributed by atoms with Crippen LogP contribution in [0.4, 0.5) is 0 Å². The first-order chi connectivity index (χ1) is 17.7. The summed E-state index contributed by atoms with van der Waals surface area (Å²) in [6.45, 7) is 2.38. The third-order valence-corrected chi connectivity index (χ3v) is 27.4. The Hall–Kier alpha value is -0.396. The largest absolute Gasteiger partial charge is 0.0820 e. The molecule has 0 radical (unpaired) electrons. The molecule has 6 rings (SSSR count). The lowest BCUT2D eigenvalue weighted by atomic mass is 9.71. The van der Waals surface area contributed by atoms with E-state index in [9.17, 15) is 0 Å². The van der Waals surface area contributed by atoms with Gasteiger partial charge < -0.3 is 0 Å². The molecule has 0 saturated heterocycles. The quantitative estimate of drug-likeness (QED) is 0.160. The van der Waals surface area contributed by atoms with Crippen LogP contribution in [0, 0.1) is 29.6 Å². The zero-order valence-electron chi connectivity index (χ0n) is 22.4. The van der Waals surface area contributed by atoms with E-state index in [1.165, 1.54) is 44.9 Å². The Balaban J connectivity index is 1.37. The second-order valence-electron chi connectivity index (χ2n) is 13.1. The Morgan fingerprint density at radius 1 is 0.722 bits per heavy atom. The van der Waals surface area contributed by atoms with Gasteiger partial charge in [-0.3, -0.25) is 0 Å². The summed E-state index contributed by atoms with van der Waals surface area (Å²) in [5.74, 6) is 5.20. The van der Waals surface area contributed by atoms with Crippen LogP contribution in [0.15, 0.2) is 60.7 Å². The molecule has 0 aliphatic heterocycles. The first kappa shape index (κ1) is 25.9. The molecule has 4 saturated carbocycles. The van der Waals surface area contributed by atoms with Gasteiger partial charge in [0.05, 0.1) is 16.6 Å². The second kappa shape index (κ2) is 11.8. The van der Waals surface area contributed by atoms with Crippen molar-refractivity contribution in [2.24, 2.45) is 29.6 Å². The van der Waals surface area contributed by atoms with Gasteiger partial charge in [0.15, 0.2) is 0 Å². The van der Waals surface area contributed by atoms with E-state index >= 15 is 0 Å². The molecule has 3 heteroatoms. The minimum atomic E-state index is -1.12. The van der Waals surface area contributed by atoms with Crippen LogP contribution in [0.3, 0.4) is 0 Å². The van der Waals surface area contributed by atoms with Crippen molar-refractivity contribution in [1.29, 1.82) is 0 Å². The standard InChI is InChI=1S/C33H47ISi2/c1-2-3-11-24-18-19-28(22-24)35(26-13-6-4-7-14-26)36(27-15-8-5-9-16-27)32-21-20-30-31(32)23-25-12-10-17-29(25)33(30)34/h4-9,13-16,24-25,28-33,35-36H,2-3,10-12,17-23H2,1H3. The van der Waals surface area contributed by atoms with E-state index in [2.05, 4.69) is 90.2 Å². The van der Waals surface area contributed by atoms with Gasteiger partial charge in [-0.15, -0.1) is 0 Å². The highest BCUT2D eigenvalue weighted by Crippen LogP contribution is 2.59.